The first kappa shape index (κ1) is 15.7. The van der Waals surface area contributed by atoms with Crippen LogP contribution in [-0.2, 0) is 9.53 Å². The van der Waals surface area contributed by atoms with Gasteiger partial charge in [-0.05, 0) is 47.7 Å². The van der Waals surface area contributed by atoms with Crippen LogP contribution >= 0.6 is 38.5 Å². The Balaban J connectivity index is 2.19. The average Bonchev–Trinajstić information content (AvgIpc) is 2.75. The lowest BCUT2D eigenvalue weighted by molar-refractivity contribution is -0.148. The van der Waals surface area contributed by atoms with Gasteiger partial charge in [-0.25, -0.2) is 0 Å². The molecule has 2 N–H and O–H groups in total. The van der Waals surface area contributed by atoms with Gasteiger partial charge in [0.1, 0.15) is 5.41 Å². The molecule has 5 nitrogen and oxygen atoms in total. The maximum atomic E-state index is 12.3. The van der Waals surface area contributed by atoms with Crippen LogP contribution in [0.25, 0.3) is 0 Å². The third kappa shape index (κ3) is 2.99. The van der Waals surface area contributed by atoms with Crippen LogP contribution in [0.5, 0.6) is 0 Å². The van der Waals surface area contributed by atoms with Gasteiger partial charge in [0, 0.05) is 8.04 Å². The topological polar surface area (TPSA) is 75.6 Å². The van der Waals surface area contributed by atoms with E-state index in [1.165, 1.54) is 0 Å². The summed E-state index contributed by atoms with van der Waals surface area (Å²) in [5.74, 6) is -1.26. The number of rotatable bonds is 3. The Labute approximate surface area is 138 Å². The van der Waals surface area contributed by atoms with Crippen LogP contribution < -0.4 is 5.32 Å². The summed E-state index contributed by atoms with van der Waals surface area (Å²) in [6, 6.07) is 4.84. The highest BCUT2D eigenvalue weighted by atomic mass is 127. The number of ether oxygens (including phenoxy) is 1. The molecule has 0 saturated carbocycles. The zero-order valence-electron chi connectivity index (χ0n) is 10.7. The molecule has 0 aromatic heterocycles. The molecule has 0 spiro atoms. The number of carboxylic acid groups (broad SMARTS) is 1. The number of amides is 1. The fraction of sp³-hybridized carbons (Fsp3) is 0.385. The van der Waals surface area contributed by atoms with Crippen LogP contribution in [0.1, 0.15) is 17.3 Å². The highest BCUT2D eigenvalue weighted by molar-refractivity contribution is 14.1. The second-order valence-electron chi connectivity index (χ2n) is 4.89. The molecule has 1 aliphatic heterocycles. The fourth-order valence-electron chi connectivity index (χ4n) is 1.99. The summed E-state index contributed by atoms with van der Waals surface area (Å²) in [6.07, 6.45) is 0. The molecule has 2 unspecified atom stereocenters. The van der Waals surface area contributed by atoms with Crippen LogP contribution in [0.3, 0.4) is 0 Å². The van der Waals surface area contributed by atoms with Crippen LogP contribution in [0, 0.1) is 8.99 Å². The molecule has 1 aromatic carbocycles. The van der Waals surface area contributed by atoms with Crippen molar-refractivity contribution in [2.45, 2.75) is 13.0 Å². The number of hydrogen-bond acceptors (Lipinski definition) is 3. The van der Waals surface area contributed by atoms with Gasteiger partial charge in [0.15, 0.2) is 0 Å². The Kier molecular flexibility index (Phi) is 4.70. The predicted octanol–water partition coefficient (Wildman–Crippen LogP) is 2.27. The highest BCUT2D eigenvalue weighted by Crippen LogP contribution is 2.29. The van der Waals surface area contributed by atoms with Crippen LogP contribution in [-0.4, -0.2) is 36.2 Å². The summed E-state index contributed by atoms with van der Waals surface area (Å²) in [6.45, 7) is 1.89. The molecule has 1 saturated heterocycles. The summed E-state index contributed by atoms with van der Waals surface area (Å²) in [4.78, 5) is 23.6. The predicted molar refractivity (Wildman–Crippen MR) is 84.7 cm³/mol. The number of nitrogens with one attached hydrogen (secondary N) is 1. The van der Waals surface area contributed by atoms with Gasteiger partial charge >= 0.3 is 5.97 Å². The van der Waals surface area contributed by atoms with Gasteiger partial charge < -0.3 is 15.2 Å². The minimum Gasteiger partial charge on any atom is -0.481 e. The smallest absolute Gasteiger partial charge is 0.313 e. The van der Waals surface area contributed by atoms with Crippen molar-refractivity contribution in [1.29, 1.82) is 0 Å². The van der Waals surface area contributed by atoms with Crippen LogP contribution in [0.2, 0.25) is 0 Å². The van der Waals surface area contributed by atoms with Gasteiger partial charge in [0.2, 0.25) is 0 Å². The summed E-state index contributed by atoms with van der Waals surface area (Å²) in [7, 11) is 0. The van der Waals surface area contributed by atoms with E-state index < -0.39 is 17.4 Å². The Bertz CT molecular complexity index is 565. The van der Waals surface area contributed by atoms with Crippen molar-refractivity contribution >= 4 is 50.4 Å². The molecule has 20 heavy (non-hydrogen) atoms. The molecule has 7 heteroatoms. The highest BCUT2D eigenvalue weighted by Gasteiger charge is 2.47. The Hall–Kier alpha value is -0.670. The maximum Gasteiger partial charge on any atom is 0.313 e. The first-order valence-electron chi connectivity index (χ1n) is 5.91. The molecular weight excluding hydrogens is 441 g/mol. The van der Waals surface area contributed by atoms with E-state index in [0.29, 0.717) is 5.56 Å². The van der Waals surface area contributed by atoms with Crippen molar-refractivity contribution in [2.75, 3.05) is 13.2 Å². The lowest BCUT2D eigenvalue weighted by Gasteiger charge is -2.25. The molecule has 1 aliphatic rings. The summed E-state index contributed by atoms with van der Waals surface area (Å²) >= 11 is 5.39. The molecule has 0 bridgehead atoms. The standard InChI is InChI=1S/C13H13BrINO4/c1-13(12(18)19)6-20-5-10(13)16-11(17)8-4-7(14)2-3-9(8)15/h2-4,10H,5-6H2,1H3,(H,16,17)(H,18,19). The first-order chi connectivity index (χ1) is 9.34. The molecular formula is C13H13BrINO4. The number of carboxylic acids is 1. The molecule has 2 atom stereocenters. The van der Waals surface area contributed by atoms with E-state index in [0.717, 1.165) is 8.04 Å². The van der Waals surface area contributed by atoms with E-state index in [-0.39, 0.29) is 19.1 Å². The lowest BCUT2D eigenvalue weighted by Crippen LogP contribution is -2.49. The van der Waals surface area contributed by atoms with Crippen molar-refractivity contribution in [3.05, 3.63) is 31.8 Å². The quantitative estimate of drug-likeness (QED) is 0.688. The van der Waals surface area contributed by atoms with E-state index in [9.17, 15) is 14.7 Å². The molecule has 1 heterocycles. The Morgan fingerprint density at radius 2 is 2.25 bits per heavy atom. The second-order valence-corrected chi connectivity index (χ2v) is 6.97. The van der Waals surface area contributed by atoms with E-state index >= 15 is 0 Å². The minimum atomic E-state index is -1.09. The number of carbonyl (C=O) groups is 2. The fourth-order valence-corrected chi connectivity index (χ4v) is 2.93. The normalized spacial score (nSPS) is 25.4. The van der Waals surface area contributed by atoms with E-state index in [1.807, 2.05) is 12.1 Å². The van der Waals surface area contributed by atoms with Gasteiger partial charge in [-0.15, -0.1) is 0 Å². The van der Waals surface area contributed by atoms with E-state index in [2.05, 4.69) is 43.8 Å². The molecule has 1 amide bonds. The van der Waals surface area contributed by atoms with Gasteiger partial charge in [-0.1, -0.05) is 15.9 Å². The van der Waals surface area contributed by atoms with Gasteiger partial charge in [0.25, 0.3) is 5.91 Å². The molecule has 1 aromatic rings. The molecule has 108 valence electrons. The van der Waals surface area contributed by atoms with Crippen molar-refractivity contribution in [3.8, 4) is 0 Å². The first-order valence-corrected chi connectivity index (χ1v) is 7.79. The average molecular weight is 454 g/mol. The van der Waals surface area contributed by atoms with Crippen molar-refractivity contribution < 1.29 is 19.4 Å². The van der Waals surface area contributed by atoms with Crippen molar-refractivity contribution in [2.24, 2.45) is 5.41 Å². The maximum absolute atomic E-state index is 12.3. The number of hydrogen-bond donors (Lipinski definition) is 2. The number of aliphatic carboxylic acids is 1. The zero-order chi connectivity index (χ0) is 14.9. The summed E-state index contributed by atoms with van der Waals surface area (Å²) < 4.78 is 6.82. The van der Waals surface area contributed by atoms with Gasteiger partial charge in [0.05, 0.1) is 24.8 Å². The largest absolute Gasteiger partial charge is 0.481 e. The van der Waals surface area contributed by atoms with E-state index in [4.69, 9.17) is 4.74 Å². The number of halogens is 2. The number of benzene rings is 1. The van der Waals surface area contributed by atoms with Crippen molar-refractivity contribution in [1.82, 2.24) is 5.32 Å². The van der Waals surface area contributed by atoms with Crippen LogP contribution in [0.15, 0.2) is 22.7 Å². The monoisotopic (exact) mass is 453 g/mol. The lowest BCUT2D eigenvalue weighted by atomic mass is 9.85. The Morgan fingerprint density at radius 1 is 1.55 bits per heavy atom. The third-order valence-corrected chi connectivity index (χ3v) is 4.86. The summed E-state index contributed by atoms with van der Waals surface area (Å²) in [5.41, 5.74) is -0.577. The molecule has 0 aliphatic carbocycles. The third-order valence-electron chi connectivity index (χ3n) is 3.42. The van der Waals surface area contributed by atoms with Crippen molar-refractivity contribution in [3.63, 3.8) is 0 Å². The minimum absolute atomic E-state index is 0.100. The van der Waals surface area contributed by atoms with Gasteiger partial charge in [-0.2, -0.15) is 0 Å². The molecule has 1 fully saturated rings. The van der Waals surface area contributed by atoms with E-state index in [1.54, 1.807) is 13.0 Å². The summed E-state index contributed by atoms with van der Waals surface area (Å²) in [5, 5.41) is 12.0. The van der Waals surface area contributed by atoms with Crippen LogP contribution in [0.4, 0.5) is 0 Å². The SMILES string of the molecule is CC1(C(=O)O)COCC1NC(=O)c1cc(Br)ccc1I. The number of carbonyl (C=O) groups excluding carboxylic acids is 1. The van der Waals surface area contributed by atoms with Gasteiger partial charge in [-0.3, -0.25) is 9.59 Å². The Morgan fingerprint density at radius 3 is 2.90 bits per heavy atom. The molecule has 0 radical (unpaired) electrons. The molecule has 2 rings (SSSR count). The zero-order valence-corrected chi connectivity index (χ0v) is 14.4. The second kappa shape index (κ2) is 5.98.